The van der Waals surface area contributed by atoms with Crippen LogP contribution in [0.2, 0.25) is 0 Å². The van der Waals surface area contributed by atoms with Gasteiger partial charge in [0.25, 0.3) is 5.91 Å². The lowest BCUT2D eigenvalue weighted by atomic mass is 10.2. The number of hydrogen-bond acceptors (Lipinski definition) is 5. The van der Waals surface area contributed by atoms with Gasteiger partial charge in [-0.25, -0.2) is 0 Å². The summed E-state index contributed by atoms with van der Waals surface area (Å²) in [7, 11) is 3.18. The zero-order valence-electron chi connectivity index (χ0n) is 12.7. The van der Waals surface area contributed by atoms with Crippen LogP contribution in [0.25, 0.3) is 0 Å². The third-order valence-electron chi connectivity index (χ3n) is 3.16. The fraction of sp³-hybridized carbons (Fsp3) is 0.400. The Hall–Kier alpha value is -2.02. The molecule has 0 fully saturated rings. The highest BCUT2D eigenvalue weighted by atomic mass is 32.2. The molecule has 0 saturated carbocycles. The summed E-state index contributed by atoms with van der Waals surface area (Å²) in [5.41, 5.74) is 0.748. The normalized spacial score (nSPS) is 18.0. The number of fused-ring (bicyclic) bond motifs is 1. The molecule has 2 atom stereocenters. The largest absolute Gasteiger partial charge is 0.452 e. The van der Waals surface area contributed by atoms with Gasteiger partial charge in [0.1, 0.15) is 0 Å². The third-order valence-corrected chi connectivity index (χ3v) is 4.43. The molecule has 2 rings (SSSR count). The summed E-state index contributed by atoms with van der Waals surface area (Å²) in [6.45, 7) is 1.52. The van der Waals surface area contributed by atoms with Crippen molar-refractivity contribution < 1.29 is 19.1 Å². The molecule has 0 saturated heterocycles. The first-order valence-corrected chi connectivity index (χ1v) is 7.73. The summed E-state index contributed by atoms with van der Waals surface area (Å²) in [6, 6.07) is 7.40. The topological polar surface area (TPSA) is 75.7 Å². The van der Waals surface area contributed by atoms with E-state index in [-0.39, 0.29) is 18.2 Å². The van der Waals surface area contributed by atoms with Crippen molar-refractivity contribution >= 4 is 35.2 Å². The van der Waals surface area contributed by atoms with E-state index in [9.17, 15) is 14.4 Å². The van der Waals surface area contributed by atoms with Crippen LogP contribution >= 0.6 is 11.8 Å². The minimum atomic E-state index is -0.855. The minimum absolute atomic E-state index is 0.0735. The van der Waals surface area contributed by atoms with Gasteiger partial charge >= 0.3 is 5.97 Å². The maximum Gasteiger partial charge on any atom is 0.308 e. The number of para-hydroxylation sites is 1. The summed E-state index contributed by atoms with van der Waals surface area (Å²) >= 11 is 1.33. The molecule has 6 nitrogen and oxygen atoms in total. The fourth-order valence-corrected chi connectivity index (χ4v) is 3.13. The van der Waals surface area contributed by atoms with Crippen molar-refractivity contribution in [2.24, 2.45) is 0 Å². The predicted octanol–water partition coefficient (Wildman–Crippen LogP) is 1.51. The summed E-state index contributed by atoms with van der Waals surface area (Å²) in [5.74, 6) is -1.08. The monoisotopic (exact) mass is 322 g/mol. The van der Waals surface area contributed by atoms with Crippen LogP contribution in [0.15, 0.2) is 29.2 Å². The van der Waals surface area contributed by atoms with Crippen LogP contribution in [-0.4, -0.2) is 48.1 Å². The van der Waals surface area contributed by atoms with Gasteiger partial charge in [0.05, 0.1) is 17.4 Å². The number of carbonyl (C=O) groups is 3. The van der Waals surface area contributed by atoms with E-state index in [2.05, 4.69) is 5.32 Å². The highest BCUT2D eigenvalue weighted by Crippen LogP contribution is 2.36. The Morgan fingerprint density at radius 2 is 2.05 bits per heavy atom. The second-order valence-electron chi connectivity index (χ2n) is 5.16. The summed E-state index contributed by atoms with van der Waals surface area (Å²) in [6.07, 6.45) is -0.929. The van der Waals surface area contributed by atoms with Gasteiger partial charge in [-0.15, -0.1) is 11.8 Å². The Morgan fingerprint density at radius 1 is 1.36 bits per heavy atom. The van der Waals surface area contributed by atoms with Gasteiger partial charge in [0, 0.05) is 19.0 Å². The summed E-state index contributed by atoms with van der Waals surface area (Å²) in [5, 5.41) is 2.22. The average Bonchev–Trinajstić information content (AvgIpc) is 2.46. The van der Waals surface area contributed by atoms with Crippen LogP contribution in [-0.2, 0) is 19.1 Å². The third kappa shape index (κ3) is 3.79. The van der Waals surface area contributed by atoms with Crippen molar-refractivity contribution in [3.05, 3.63) is 24.3 Å². The van der Waals surface area contributed by atoms with Crippen molar-refractivity contribution in [2.45, 2.75) is 29.6 Å². The van der Waals surface area contributed by atoms with Crippen LogP contribution in [0.3, 0.4) is 0 Å². The lowest BCUT2D eigenvalue weighted by Gasteiger charge is -2.24. The molecule has 1 aliphatic heterocycles. The van der Waals surface area contributed by atoms with Gasteiger partial charge in [-0.1, -0.05) is 12.1 Å². The Morgan fingerprint density at radius 3 is 2.73 bits per heavy atom. The van der Waals surface area contributed by atoms with Crippen molar-refractivity contribution in [1.82, 2.24) is 4.90 Å². The number of thioether (sulfide) groups is 1. The van der Waals surface area contributed by atoms with Crippen molar-refractivity contribution in [3.8, 4) is 0 Å². The zero-order valence-corrected chi connectivity index (χ0v) is 13.5. The Kier molecular flexibility index (Phi) is 5.07. The molecule has 1 aliphatic rings. The molecule has 2 amide bonds. The van der Waals surface area contributed by atoms with Crippen LogP contribution in [0.4, 0.5) is 5.69 Å². The maximum atomic E-state index is 12.0. The van der Waals surface area contributed by atoms with E-state index < -0.39 is 17.3 Å². The number of esters is 1. The number of ether oxygens (including phenoxy) is 1. The van der Waals surface area contributed by atoms with Gasteiger partial charge in [0.2, 0.25) is 5.91 Å². The molecule has 0 aromatic heterocycles. The quantitative estimate of drug-likeness (QED) is 0.851. The van der Waals surface area contributed by atoms with Crippen LogP contribution in [0, 0.1) is 0 Å². The van der Waals surface area contributed by atoms with E-state index in [1.807, 2.05) is 24.3 Å². The molecule has 0 aliphatic carbocycles. The number of nitrogens with zero attached hydrogens (tertiary/aromatic N) is 1. The number of nitrogens with one attached hydrogen (secondary N) is 1. The average molecular weight is 322 g/mol. The predicted molar refractivity (Wildman–Crippen MR) is 83.6 cm³/mol. The molecule has 1 aromatic rings. The second-order valence-corrected chi connectivity index (χ2v) is 6.41. The van der Waals surface area contributed by atoms with E-state index in [1.54, 1.807) is 14.1 Å². The van der Waals surface area contributed by atoms with Gasteiger partial charge in [-0.2, -0.15) is 0 Å². The molecule has 0 radical (unpaired) electrons. The smallest absolute Gasteiger partial charge is 0.308 e. The molecule has 1 aromatic carbocycles. The Balaban J connectivity index is 1.95. The lowest BCUT2D eigenvalue weighted by Crippen LogP contribution is -2.37. The number of amides is 2. The van der Waals surface area contributed by atoms with Crippen molar-refractivity contribution in [3.63, 3.8) is 0 Å². The van der Waals surface area contributed by atoms with E-state index in [0.29, 0.717) is 0 Å². The first kappa shape index (κ1) is 16.4. The van der Waals surface area contributed by atoms with Gasteiger partial charge in [-0.05, 0) is 19.1 Å². The number of likely N-dealkylation sites (N-methyl/N-ethyl adjacent to an activating group) is 1. The number of carbonyl (C=O) groups excluding carboxylic acids is 3. The van der Waals surface area contributed by atoms with Crippen molar-refractivity contribution in [2.75, 3.05) is 19.4 Å². The molecule has 0 bridgehead atoms. The first-order valence-electron chi connectivity index (χ1n) is 6.85. The number of benzene rings is 1. The molecular weight excluding hydrogens is 304 g/mol. The Bertz CT molecular complexity index is 603. The molecule has 0 spiro atoms. The summed E-state index contributed by atoms with van der Waals surface area (Å²) in [4.78, 5) is 37.9. The van der Waals surface area contributed by atoms with E-state index in [0.717, 1.165) is 10.6 Å². The highest BCUT2D eigenvalue weighted by Gasteiger charge is 2.30. The van der Waals surface area contributed by atoms with Crippen LogP contribution < -0.4 is 5.32 Å². The van der Waals surface area contributed by atoms with Gasteiger partial charge in [-0.3, -0.25) is 14.4 Å². The molecule has 22 heavy (non-hydrogen) atoms. The van der Waals surface area contributed by atoms with E-state index >= 15 is 0 Å². The Labute approximate surface area is 133 Å². The van der Waals surface area contributed by atoms with Crippen LogP contribution in [0.5, 0.6) is 0 Å². The number of rotatable bonds is 4. The SMILES string of the molecule is C[C@@H](OC(=O)C[C@@H]1Sc2ccccc2NC1=O)C(=O)N(C)C. The first-order chi connectivity index (χ1) is 10.4. The standard InChI is InChI=1S/C15H18N2O4S/c1-9(15(20)17(2)3)21-13(18)8-12-14(19)16-10-6-4-5-7-11(10)22-12/h4-7,9,12H,8H2,1-3H3,(H,16,19)/t9-,12+/m1/s1. The molecule has 1 heterocycles. The van der Waals surface area contributed by atoms with E-state index in [1.165, 1.54) is 23.6 Å². The second kappa shape index (κ2) is 6.83. The zero-order chi connectivity index (χ0) is 16.3. The lowest BCUT2D eigenvalue weighted by molar-refractivity contribution is -0.158. The molecule has 1 N–H and O–H groups in total. The fourth-order valence-electron chi connectivity index (χ4n) is 2.04. The van der Waals surface area contributed by atoms with Crippen molar-refractivity contribution in [1.29, 1.82) is 0 Å². The molecule has 118 valence electrons. The number of anilines is 1. The molecular formula is C15H18N2O4S. The van der Waals surface area contributed by atoms with Crippen LogP contribution in [0.1, 0.15) is 13.3 Å². The van der Waals surface area contributed by atoms with Gasteiger partial charge in [0.15, 0.2) is 6.10 Å². The molecule has 0 unspecified atom stereocenters. The highest BCUT2D eigenvalue weighted by molar-refractivity contribution is 8.01. The maximum absolute atomic E-state index is 12.0. The number of hydrogen-bond donors (Lipinski definition) is 1. The van der Waals surface area contributed by atoms with Gasteiger partial charge < -0.3 is 15.0 Å². The summed E-state index contributed by atoms with van der Waals surface area (Å²) < 4.78 is 5.09. The minimum Gasteiger partial charge on any atom is -0.452 e. The molecule has 7 heteroatoms. The van der Waals surface area contributed by atoms with E-state index in [4.69, 9.17) is 4.74 Å².